The topological polar surface area (TPSA) is 65.8 Å². The van der Waals surface area contributed by atoms with E-state index in [9.17, 15) is 10.1 Å². The highest BCUT2D eigenvalue weighted by molar-refractivity contribution is 7.17. The molecule has 1 amide bonds. The number of nitrogens with one attached hydrogen (secondary N) is 1. The summed E-state index contributed by atoms with van der Waals surface area (Å²) in [5.41, 5.74) is 3.22. The molecular weight excluding hydrogens is 350 g/mol. The number of aryl methyl sites for hydroxylation is 1. The molecule has 0 aliphatic heterocycles. The van der Waals surface area contributed by atoms with Gasteiger partial charge in [-0.15, -0.1) is 11.3 Å². The molecule has 0 spiro atoms. The predicted molar refractivity (Wildman–Crippen MR) is 104 cm³/mol. The number of carbonyl (C=O) groups is 1. The number of nitriles is 1. The van der Waals surface area contributed by atoms with Crippen LogP contribution in [0.2, 0.25) is 0 Å². The summed E-state index contributed by atoms with van der Waals surface area (Å²) in [5.74, 6) is -0.163. The van der Waals surface area contributed by atoms with Crippen molar-refractivity contribution in [3.8, 4) is 17.3 Å². The van der Waals surface area contributed by atoms with Gasteiger partial charge in [0.1, 0.15) is 21.8 Å². The fraction of sp³-hybridized carbons (Fsp3) is 0.105. The summed E-state index contributed by atoms with van der Waals surface area (Å²) >= 11 is 2.87. The lowest BCUT2D eigenvalue weighted by molar-refractivity contribution is -0.114. The maximum Gasteiger partial charge on any atom is 0.221 e. The fourth-order valence-corrected chi connectivity index (χ4v) is 3.90. The molecule has 3 aromatic rings. The first-order valence-corrected chi connectivity index (χ1v) is 9.27. The first-order chi connectivity index (χ1) is 12.1. The zero-order chi connectivity index (χ0) is 17.8. The number of aromatic nitrogens is 1. The number of allylic oxidation sites excluding steroid dienone is 1. The molecule has 0 unspecified atom stereocenters. The Morgan fingerprint density at radius 2 is 2.04 bits per heavy atom. The SMILES string of the molecule is CC(=O)Nc1sc(/C(C#N)=C\c2cccs2)nc1-c1ccc(C)cc1. The van der Waals surface area contributed by atoms with E-state index in [1.54, 1.807) is 11.3 Å². The highest BCUT2D eigenvalue weighted by Gasteiger charge is 2.17. The Morgan fingerprint density at radius 1 is 1.28 bits per heavy atom. The number of nitrogens with zero attached hydrogens (tertiary/aromatic N) is 2. The average Bonchev–Trinajstić information content (AvgIpc) is 3.23. The molecule has 0 bridgehead atoms. The van der Waals surface area contributed by atoms with E-state index in [1.807, 2.05) is 54.8 Å². The van der Waals surface area contributed by atoms with Crippen LogP contribution in [0, 0.1) is 18.3 Å². The van der Waals surface area contributed by atoms with E-state index in [2.05, 4.69) is 16.4 Å². The van der Waals surface area contributed by atoms with Crippen LogP contribution < -0.4 is 5.32 Å². The lowest BCUT2D eigenvalue weighted by Gasteiger charge is -2.03. The molecule has 6 heteroatoms. The minimum Gasteiger partial charge on any atom is -0.316 e. The molecule has 0 saturated heterocycles. The van der Waals surface area contributed by atoms with Gasteiger partial charge in [-0.25, -0.2) is 4.98 Å². The smallest absolute Gasteiger partial charge is 0.221 e. The van der Waals surface area contributed by atoms with Crippen LogP contribution in [0.4, 0.5) is 5.00 Å². The summed E-state index contributed by atoms with van der Waals surface area (Å²) < 4.78 is 0. The van der Waals surface area contributed by atoms with E-state index in [0.717, 1.165) is 16.0 Å². The largest absolute Gasteiger partial charge is 0.316 e. The number of hydrogen-bond donors (Lipinski definition) is 1. The molecule has 2 aromatic heterocycles. The quantitative estimate of drug-likeness (QED) is 0.646. The monoisotopic (exact) mass is 365 g/mol. The van der Waals surface area contributed by atoms with Crippen molar-refractivity contribution >= 4 is 45.2 Å². The van der Waals surface area contributed by atoms with Crippen LogP contribution in [-0.4, -0.2) is 10.9 Å². The van der Waals surface area contributed by atoms with Gasteiger partial charge in [0.25, 0.3) is 0 Å². The Labute approximate surface area is 154 Å². The maximum absolute atomic E-state index is 11.5. The van der Waals surface area contributed by atoms with Crippen LogP contribution in [0.5, 0.6) is 0 Å². The van der Waals surface area contributed by atoms with Gasteiger partial charge < -0.3 is 5.32 Å². The van der Waals surface area contributed by atoms with Gasteiger partial charge in [0, 0.05) is 17.4 Å². The number of carbonyl (C=O) groups excluding carboxylic acids is 1. The third-order valence-electron chi connectivity index (χ3n) is 3.42. The van der Waals surface area contributed by atoms with Crippen molar-refractivity contribution in [3.05, 3.63) is 57.2 Å². The lowest BCUT2D eigenvalue weighted by Crippen LogP contribution is -2.05. The van der Waals surface area contributed by atoms with Crippen molar-refractivity contribution in [2.24, 2.45) is 0 Å². The van der Waals surface area contributed by atoms with Crippen molar-refractivity contribution < 1.29 is 4.79 Å². The summed E-state index contributed by atoms with van der Waals surface area (Å²) in [6.07, 6.45) is 1.82. The number of thiophene rings is 1. The van der Waals surface area contributed by atoms with Gasteiger partial charge in [-0.05, 0) is 24.4 Å². The Kier molecular flexibility index (Phi) is 5.08. The molecule has 0 aliphatic carbocycles. The first kappa shape index (κ1) is 17.1. The minimum absolute atomic E-state index is 0.163. The first-order valence-electron chi connectivity index (χ1n) is 7.58. The third kappa shape index (κ3) is 4.02. The number of anilines is 1. The number of hydrogen-bond acceptors (Lipinski definition) is 5. The van der Waals surface area contributed by atoms with Crippen molar-refractivity contribution in [3.63, 3.8) is 0 Å². The zero-order valence-corrected chi connectivity index (χ0v) is 15.4. The van der Waals surface area contributed by atoms with E-state index >= 15 is 0 Å². The number of rotatable bonds is 4. The molecule has 0 saturated carbocycles. The Balaban J connectivity index is 2.08. The molecule has 124 valence electrons. The molecule has 4 nitrogen and oxygen atoms in total. The molecule has 3 rings (SSSR count). The van der Waals surface area contributed by atoms with E-state index in [1.165, 1.54) is 18.3 Å². The molecule has 1 N–H and O–H groups in total. The Bertz CT molecular complexity index is 961. The van der Waals surface area contributed by atoms with Crippen molar-refractivity contribution in [1.29, 1.82) is 5.26 Å². The minimum atomic E-state index is -0.163. The molecule has 1 aromatic carbocycles. The molecule has 25 heavy (non-hydrogen) atoms. The Morgan fingerprint density at radius 3 is 2.64 bits per heavy atom. The van der Waals surface area contributed by atoms with Crippen LogP contribution in [0.15, 0.2) is 41.8 Å². The normalized spacial score (nSPS) is 11.2. The van der Waals surface area contributed by atoms with Gasteiger partial charge in [-0.2, -0.15) is 5.26 Å². The van der Waals surface area contributed by atoms with Crippen LogP contribution >= 0.6 is 22.7 Å². The number of benzene rings is 1. The van der Waals surface area contributed by atoms with Crippen LogP contribution in [-0.2, 0) is 4.79 Å². The summed E-state index contributed by atoms with van der Waals surface area (Å²) in [6, 6.07) is 14.0. The van der Waals surface area contributed by atoms with Gasteiger partial charge in [-0.1, -0.05) is 47.2 Å². The summed E-state index contributed by atoms with van der Waals surface area (Å²) in [7, 11) is 0. The van der Waals surface area contributed by atoms with Crippen molar-refractivity contribution in [2.45, 2.75) is 13.8 Å². The summed E-state index contributed by atoms with van der Waals surface area (Å²) in [6.45, 7) is 3.48. The molecule has 0 radical (unpaired) electrons. The van der Waals surface area contributed by atoms with Gasteiger partial charge in [-0.3, -0.25) is 4.79 Å². The highest BCUT2D eigenvalue weighted by Crippen LogP contribution is 2.36. The third-order valence-corrected chi connectivity index (χ3v) is 5.25. The van der Waals surface area contributed by atoms with Gasteiger partial charge in [0.15, 0.2) is 0 Å². The summed E-state index contributed by atoms with van der Waals surface area (Å²) in [4.78, 5) is 17.2. The van der Waals surface area contributed by atoms with E-state index in [4.69, 9.17) is 0 Å². The second-order valence-electron chi connectivity index (χ2n) is 5.43. The van der Waals surface area contributed by atoms with Gasteiger partial charge in [0.05, 0.1) is 5.57 Å². The van der Waals surface area contributed by atoms with Crippen molar-refractivity contribution in [1.82, 2.24) is 4.98 Å². The van der Waals surface area contributed by atoms with Crippen LogP contribution in [0.25, 0.3) is 22.9 Å². The lowest BCUT2D eigenvalue weighted by atomic mass is 10.1. The number of thiazole rings is 1. The van der Waals surface area contributed by atoms with E-state index < -0.39 is 0 Å². The average molecular weight is 365 g/mol. The van der Waals surface area contributed by atoms with Crippen LogP contribution in [0.1, 0.15) is 22.4 Å². The molecule has 2 heterocycles. The second-order valence-corrected chi connectivity index (χ2v) is 7.41. The van der Waals surface area contributed by atoms with Gasteiger partial charge in [0.2, 0.25) is 5.91 Å². The van der Waals surface area contributed by atoms with E-state index in [0.29, 0.717) is 21.3 Å². The zero-order valence-electron chi connectivity index (χ0n) is 13.7. The summed E-state index contributed by atoms with van der Waals surface area (Å²) in [5, 5.41) is 15.6. The Hall–Kier alpha value is -2.75. The fourth-order valence-electron chi connectivity index (χ4n) is 2.24. The number of amides is 1. The predicted octanol–water partition coefficient (Wildman–Crippen LogP) is 5.20. The van der Waals surface area contributed by atoms with E-state index in [-0.39, 0.29) is 5.91 Å². The maximum atomic E-state index is 11.5. The van der Waals surface area contributed by atoms with Crippen LogP contribution in [0.3, 0.4) is 0 Å². The highest BCUT2D eigenvalue weighted by atomic mass is 32.1. The standard InChI is InChI=1S/C19H15N3OS2/c1-12-5-7-14(8-6-12)17-19(21-13(2)23)25-18(22-17)15(11-20)10-16-4-3-9-24-16/h3-10H,1-2H3,(H,21,23)/b15-10-. The van der Waals surface area contributed by atoms with Crippen molar-refractivity contribution in [2.75, 3.05) is 5.32 Å². The molecule has 0 atom stereocenters. The molecule has 0 aliphatic rings. The molecule has 0 fully saturated rings. The second kappa shape index (κ2) is 7.43. The van der Waals surface area contributed by atoms with Gasteiger partial charge >= 0.3 is 0 Å². The molecular formula is C19H15N3OS2.